The maximum absolute atomic E-state index is 11.9. The number of nitrogen functional groups attached to an aromatic ring is 1. The predicted octanol–water partition coefficient (Wildman–Crippen LogP) is 1.61. The molecule has 0 unspecified atom stereocenters. The first-order valence-corrected chi connectivity index (χ1v) is 5.42. The van der Waals surface area contributed by atoms with Gasteiger partial charge in [0.2, 0.25) is 0 Å². The second-order valence-corrected chi connectivity index (χ2v) is 3.81. The highest BCUT2D eigenvalue weighted by Gasteiger charge is 2.13. The molecule has 0 saturated carbocycles. The summed E-state index contributed by atoms with van der Waals surface area (Å²) in [6.45, 7) is 0. The molecule has 1 aromatic heterocycles. The molecule has 6 nitrogen and oxygen atoms in total. The quantitative estimate of drug-likeness (QED) is 0.724. The number of rotatable bonds is 3. The fourth-order valence-electron chi connectivity index (χ4n) is 1.54. The molecule has 0 bridgehead atoms. The number of benzene rings is 1. The van der Waals surface area contributed by atoms with E-state index < -0.39 is 11.9 Å². The van der Waals surface area contributed by atoms with Crippen LogP contribution in [0.15, 0.2) is 42.7 Å². The van der Waals surface area contributed by atoms with E-state index in [2.05, 4.69) is 10.3 Å². The van der Waals surface area contributed by atoms with E-state index in [-0.39, 0.29) is 11.3 Å². The van der Waals surface area contributed by atoms with Crippen molar-refractivity contribution in [3.63, 3.8) is 0 Å². The number of nitrogens with two attached hydrogens (primary N) is 1. The number of carbonyl (C=O) groups is 2. The molecule has 0 fully saturated rings. The maximum Gasteiger partial charge on any atom is 0.337 e. The predicted molar refractivity (Wildman–Crippen MR) is 70.0 cm³/mol. The van der Waals surface area contributed by atoms with Gasteiger partial charge in [-0.1, -0.05) is 0 Å². The van der Waals surface area contributed by atoms with E-state index in [1.165, 1.54) is 24.4 Å². The van der Waals surface area contributed by atoms with Crippen molar-refractivity contribution in [2.75, 3.05) is 11.1 Å². The van der Waals surface area contributed by atoms with Crippen molar-refractivity contribution in [3.05, 3.63) is 53.9 Å². The number of carboxylic acid groups (broad SMARTS) is 1. The van der Waals surface area contributed by atoms with Gasteiger partial charge in [0.05, 0.1) is 16.8 Å². The summed E-state index contributed by atoms with van der Waals surface area (Å²) in [7, 11) is 0. The summed E-state index contributed by atoms with van der Waals surface area (Å²) in [5.41, 5.74) is 6.31. The maximum atomic E-state index is 11.9. The smallest absolute Gasteiger partial charge is 0.337 e. The van der Waals surface area contributed by atoms with Gasteiger partial charge in [0.1, 0.15) is 0 Å². The van der Waals surface area contributed by atoms with E-state index in [9.17, 15) is 9.59 Å². The summed E-state index contributed by atoms with van der Waals surface area (Å²) in [4.78, 5) is 26.8. The molecular formula is C13H11N3O3. The van der Waals surface area contributed by atoms with Crippen LogP contribution < -0.4 is 11.1 Å². The van der Waals surface area contributed by atoms with E-state index in [0.29, 0.717) is 11.3 Å². The number of hydrogen-bond acceptors (Lipinski definition) is 4. The topological polar surface area (TPSA) is 105 Å². The molecular weight excluding hydrogens is 246 g/mol. The summed E-state index contributed by atoms with van der Waals surface area (Å²) < 4.78 is 0. The Balaban J connectivity index is 2.29. The van der Waals surface area contributed by atoms with Crippen LogP contribution in [0, 0.1) is 0 Å². The Hall–Kier alpha value is -2.89. The van der Waals surface area contributed by atoms with Crippen LogP contribution in [0.25, 0.3) is 0 Å². The normalized spacial score (nSPS) is 9.89. The second kappa shape index (κ2) is 5.18. The number of aromatic carboxylic acids is 1. The van der Waals surface area contributed by atoms with Gasteiger partial charge in [-0.25, -0.2) is 4.79 Å². The number of nitrogens with zero attached hydrogens (tertiary/aromatic N) is 1. The molecule has 2 rings (SSSR count). The van der Waals surface area contributed by atoms with Crippen LogP contribution in [0.1, 0.15) is 20.7 Å². The van der Waals surface area contributed by atoms with Gasteiger partial charge in [0.25, 0.3) is 5.91 Å². The van der Waals surface area contributed by atoms with Crippen molar-refractivity contribution in [1.29, 1.82) is 0 Å². The van der Waals surface area contributed by atoms with Crippen molar-refractivity contribution < 1.29 is 14.7 Å². The molecule has 0 aliphatic heterocycles. The zero-order valence-electron chi connectivity index (χ0n) is 9.83. The van der Waals surface area contributed by atoms with Crippen LogP contribution in [0.5, 0.6) is 0 Å². The van der Waals surface area contributed by atoms with Crippen LogP contribution in [-0.2, 0) is 0 Å². The first-order valence-electron chi connectivity index (χ1n) is 5.42. The zero-order chi connectivity index (χ0) is 13.8. The van der Waals surface area contributed by atoms with Gasteiger partial charge in [-0.3, -0.25) is 9.78 Å². The average molecular weight is 257 g/mol. The third kappa shape index (κ3) is 2.86. The summed E-state index contributed by atoms with van der Waals surface area (Å²) in [6, 6.07) is 7.47. The summed E-state index contributed by atoms with van der Waals surface area (Å²) >= 11 is 0. The lowest BCUT2D eigenvalue weighted by atomic mass is 10.1. The van der Waals surface area contributed by atoms with E-state index in [0.717, 1.165) is 0 Å². The van der Waals surface area contributed by atoms with Crippen LogP contribution in [-0.4, -0.2) is 22.0 Å². The molecule has 1 heterocycles. The Morgan fingerprint density at radius 3 is 2.68 bits per heavy atom. The van der Waals surface area contributed by atoms with E-state index in [4.69, 9.17) is 10.8 Å². The lowest BCUT2D eigenvalue weighted by Crippen LogP contribution is -2.15. The number of pyridine rings is 1. The molecule has 96 valence electrons. The van der Waals surface area contributed by atoms with E-state index >= 15 is 0 Å². The third-order valence-corrected chi connectivity index (χ3v) is 2.45. The zero-order valence-corrected chi connectivity index (χ0v) is 9.83. The lowest BCUT2D eigenvalue weighted by Gasteiger charge is -2.09. The minimum absolute atomic E-state index is 0.0581. The highest BCUT2D eigenvalue weighted by Crippen LogP contribution is 2.19. The SMILES string of the molecule is Nc1ccc(NC(=O)c2cccnc2)c(C(=O)O)c1. The first kappa shape index (κ1) is 12.6. The van der Waals surface area contributed by atoms with Gasteiger partial charge >= 0.3 is 5.97 Å². The van der Waals surface area contributed by atoms with Crippen molar-refractivity contribution in [3.8, 4) is 0 Å². The molecule has 1 amide bonds. The summed E-state index contributed by atoms with van der Waals surface area (Å²) in [6.07, 6.45) is 2.94. The summed E-state index contributed by atoms with van der Waals surface area (Å²) in [5.74, 6) is -1.59. The number of carbonyl (C=O) groups excluding carboxylic acids is 1. The standard InChI is InChI=1S/C13H11N3O3/c14-9-3-4-11(10(6-9)13(18)19)16-12(17)8-2-1-5-15-7-8/h1-7H,14H2,(H,16,17)(H,18,19). The number of nitrogens with one attached hydrogen (secondary N) is 1. The van der Waals surface area contributed by atoms with Crippen LogP contribution in [0.4, 0.5) is 11.4 Å². The molecule has 0 atom stereocenters. The number of carboxylic acids is 1. The van der Waals surface area contributed by atoms with Crippen molar-refractivity contribution in [1.82, 2.24) is 4.98 Å². The van der Waals surface area contributed by atoms with Crippen LogP contribution in [0.2, 0.25) is 0 Å². The first-order chi connectivity index (χ1) is 9.08. The van der Waals surface area contributed by atoms with E-state index in [1.807, 2.05) is 0 Å². The Bertz CT molecular complexity index is 626. The molecule has 1 aromatic carbocycles. The fraction of sp³-hybridized carbons (Fsp3) is 0. The monoisotopic (exact) mass is 257 g/mol. The van der Waals surface area contributed by atoms with Gasteiger partial charge < -0.3 is 16.2 Å². The molecule has 4 N–H and O–H groups in total. The molecule has 19 heavy (non-hydrogen) atoms. The molecule has 0 radical (unpaired) electrons. The van der Waals surface area contributed by atoms with Crippen LogP contribution >= 0.6 is 0 Å². The molecule has 0 saturated heterocycles. The molecule has 6 heteroatoms. The molecule has 0 spiro atoms. The molecule has 2 aromatic rings. The Morgan fingerprint density at radius 2 is 2.05 bits per heavy atom. The fourth-order valence-corrected chi connectivity index (χ4v) is 1.54. The second-order valence-electron chi connectivity index (χ2n) is 3.81. The Morgan fingerprint density at radius 1 is 1.26 bits per heavy atom. The minimum Gasteiger partial charge on any atom is -0.478 e. The third-order valence-electron chi connectivity index (χ3n) is 2.45. The summed E-state index contributed by atoms with van der Waals surface area (Å²) in [5, 5.41) is 11.6. The van der Waals surface area contributed by atoms with Crippen molar-refractivity contribution in [2.24, 2.45) is 0 Å². The minimum atomic E-state index is -1.16. The van der Waals surface area contributed by atoms with E-state index in [1.54, 1.807) is 18.3 Å². The van der Waals surface area contributed by atoms with Gasteiger partial charge in [-0.15, -0.1) is 0 Å². The molecule has 0 aliphatic rings. The van der Waals surface area contributed by atoms with Crippen molar-refractivity contribution >= 4 is 23.3 Å². The van der Waals surface area contributed by atoms with Gasteiger partial charge in [-0.05, 0) is 30.3 Å². The Kier molecular flexibility index (Phi) is 3.42. The average Bonchev–Trinajstić information content (AvgIpc) is 2.41. The van der Waals surface area contributed by atoms with Gasteiger partial charge in [0.15, 0.2) is 0 Å². The number of amides is 1. The highest BCUT2D eigenvalue weighted by molar-refractivity contribution is 6.07. The number of aromatic nitrogens is 1. The molecule has 0 aliphatic carbocycles. The number of anilines is 2. The number of hydrogen-bond donors (Lipinski definition) is 3. The lowest BCUT2D eigenvalue weighted by molar-refractivity contribution is 0.0698. The van der Waals surface area contributed by atoms with Crippen LogP contribution in [0.3, 0.4) is 0 Å². The van der Waals surface area contributed by atoms with Gasteiger partial charge in [-0.2, -0.15) is 0 Å². The van der Waals surface area contributed by atoms with Crippen molar-refractivity contribution in [2.45, 2.75) is 0 Å². The largest absolute Gasteiger partial charge is 0.478 e. The van der Waals surface area contributed by atoms with Gasteiger partial charge in [0, 0.05) is 18.1 Å². The highest BCUT2D eigenvalue weighted by atomic mass is 16.4. The Labute approximate surface area is 108 Å².